The van der Waals surface area contributed by atoms with Crippen LogP contribution >= 0.6 is 0 Å². The van der Waals surface area contributed by atoms with E-state index in [1.54, 1.807) is 0 Å². The highest BCUT2D eigenvalue weighted by Crippen LogP contribution is 2.41. The van der Waals surface area contributed by atoms with Gasteiger partial charge in [-0.05, 0) is 43.2 Å². The Balaban J connectivity index is 2.29. The highest BCUT2D eigenvalue weighted by molar-refractivity contribution is 5.99. The van der Waals surface area contributed by atoms with Crippen LogP contribution in [-0.2, 0) is 4.79 Å². The van der Waals surface area contributed by atoms with E-state index >= 15 is 0 Å². The number of hydrogen-bond donors (Lipinski definition) is 1. The predicted molar refractivity (Wildman–Crippen MR) is 75.8 cm³/mol. The number of carbonyl (C=O) groups excluding carboxylic acids is 1. The first-order valence-corrected chi connectivity index (χ1v) is 6.82. The summed E-state index contributed by atoms with van der Waals surface area (Å²) in [4.78, 5) is 12.3. The summed E-state index contributed by atoms with van der Waals surface area (Å²) in [6.07, 6.45) is 2.32. The van der Waals surface area contributed by atoms with Gasteiger partial charge < -0.3 is 5.32 Å². The molecule has 1 aliphatic rings. The fraction of sp³-hybridized carbons (Fsp3) is 0.500. The van der Waals surface area contributed by atoms with Gasteiger partial charge in [-0.3, -0.25) is 4.79 Å². The van der Waals surface area contributed by atoms with Crippen molar-refractivity contribution in [3.63, 3.8) is 0 Å². The summed E-state index contributed by atoms with van der Waals surface area (Å²) >= 11 is 0. The first-order valence-electron chi connectivity index (χ1n) is 6.82. The van der Waals surface area contributed by atoms with Crippen LogP contribution in [0.5, 0.6) is 0 Å². The smallest absolute Gasteiger partial charge is 0.244 e. The van der Waals surface area contributed by atoms with Gasteiger partial charge in [-0.2, -0.15) is 5.26 Å². The zero-order valence-corrected chi connectivity index (χ0v) is 11.8. The summed E-state index contributed by atoms with van der Waals surface area (Å²) in [6, 6.07) is 8.22. The van der Waals surface area contributed by atoms with Crippen LogP contribution in [0.25, 0.3) is 0 Å². The van der Waals surface area contributed by atoms with E-state index in [0.29, 0.717) is 18.8 Å². The van der Waals surface area contributed by atoms with Crippen LogP contribution in [0.3, 0.4) is 0 Å². The number of para-hydroxylation sites is 1. The number of hydrogen-bond acceptors (Lipinski definition) is 2. The number of benzene rings is 1. The van der Waals surface area contributed by atoms with Crippen molar-refractivity contribution in [1.29, 1.82) is 5.26 Å². The summed E-state index contributed by atoms with van der Waals surface area (Å²) < 4.78 is 0. The van der Waals surface area contributed by atoms with Crippen LogP contribution in [0.2, 0.25) is 0 Å². The van der Waals surface area contributed by atoms with Crippen LogP contribution in [0.15, 0.2) is 18.2 Å². The Morgan fingerprint density at radius 3 is 2.58 bits per heavy atom. The number of anilines is 1. The Bertz CT molecular complexity index is 536. The minimum absolute atomic E-state index is 0.141. The average molecular weight is 256 g/mol. The molecule has 2 rings (SSSR count). The lowest BCUT2D eigenvalue weighted by Crippen LogP contribution is -2.41. The van der Waals surface area contributed by atoms with Gasteiger partial charge in [0.05, 0.1) is 6.07 Å². The molecule has 1 aliphatic carbocycles. The zero-order valence-electron chi connectivity index (χ0n) is 11.8. The Labute approximate surface area is 114 Å². The van der Waals surface area contributed by atoms with E-state index in [0.717, 1.165) is 23.2 Å². The Kier molecular flexibility index (Phi) is 3.61. The van der Waals surface area contributed by atoms with Crippen molar-refractivity contribution in [3.8, 4) is 6.07 Å². The van der Waals surface area contributed by atoms with Crippen molar-refractivity contribution in [2.45, 2.75) is 46.0 Å². The van der Waals surface area contributed by atoms with E-state index in [2.05, 4.69) is 25.2 Å². The summed E-state index contributed by atoms with van der Waals surface area (Å²) in [6.45, 7) is 6.20. The molecule has 1 saturated carbocycles. The number of nitriles is 1. The predicted octanol–water partition coefficient (Wildman–Crippen LogP) is 3.75. The molecule has 0 radical (unpaired) electrons. The van der Waals surface area contributed by atoms with Crippen molar-refractivity contribution >= 4 is 11.6 Å². The normalized spacial score (nSPS) is 16.6. The van der Waals surface area contributed by atoms with Crippen LogP contribution in [-0.4, -0.2) is 5.91 Å². The molecule has 3 nitrogen and oxygen atoms in total. The third-order valence-electron chi connectivity index (χ3n) is 4.02. The fourth-order valence-electron chi connectivity index (χ4n) is 2.50. The summed E-state index contributed by atoms with van der Waals surface area (Å²) in [5, 5.41) is 12.2. The Hall–Kier alpha value is -1.82. The third-order valence-corrected chi connectivity index (χ3v) is 4.02. The lowest BCUT2D eigenvalue weighted by atomic mass is 9.69. The van der Waals surface area contributed by atoms with E-state index < -0.39 is 5.41 Å². The molecule has 100 valence electrons. The van der Waals surface area contributed by atoms with Gasteiger partial charge in [0.15, 0.2) is 0 Å². The van der Waals surface area contributed by atoms with Crippen LogP contribution in [0, 0.1) is 23.7 Å². The fourth-order valence-corrected chi connectivity index (χ4v) is 2.50. The molecule has 0 atom stereocenters. The van der Waals surface area contributed by atoms with Crippen molar-refractivity contribution in [1.82, 2.24) is 0 Å². The molecule has 1 amide bonds. The number of aryl methyl sites for hydroxylation is 1. The van der Waals surface area contributed by atoms with E-state index in [1.165, 1.54) is 0 Å². The van der Waals surface area contributed by atoms with Gasteiger partial charge in [-0.15, -0.1) is 0 Å². The number of amides is 1. The van der Waals surface area contributed by atoms with Gasteiger partial charge in [-0.25, -0.2) is 0 Å². The molecule has 1 N–H and O–H groups in total. The monoisotopic (exact) mass is 256 g/mol. The first kappa shape index (κ1) is 13.6. The molecule has 3 heteroatoms. The highest BCUT2D eigenvalue weighted by atomic mass is 16.2. The molecule has 1 aromatic rings. The number of carbonyl (C=O) groups is 1. The average Bonchev–Trinajstić information content (AvgIpc) is 2.30. The van der Waals surface area contributed by atoms with Crippen LogP contribution in [0.1, 0.15) is 50.2 Å². The standard InChI is InChI=1S/C16H20N2O/c1-11(2)13-7-4-6-12(3)14(13)18-15(19)16(10-17)8-5-9-16/h4,6-7,11H,5,8-9H2,1-3H3,(H,18,19). The maximum absolute atomic E-state index is 12.3. The summed E-state index contributed by atoms with van der Waals surface area (Å²) in [5.41, 5.74) is 2.26. The largest absolute Gasteiger partial charge is 0.324 e. The van der Waals surface area contributed by atoms with Crippen molar-refractivity contribution in [2.24, 2.45) is 5.41 Å². The van der Waals surface area contributed by atoms with Crippen molar-refractivity contribution in [3.05, 3.63) is 29.3 Å². The first-order chi connectivity index (χ1) is 9.00. The summed E-state index contributed by atoms with van der Waals surface area (Å²) in [7, 11) is 0. The van der Waals surface area contributed by atoms with Gasteiger partial charge in [0.1, 0.15) is 5.41 Å². The minimum Gasteiger partial charge on any atom is -0.324 e. The molecule has 0 spiro atoms. The van der Waals surface area contributed by atoms with Gasteiger partial charge in [0.25, 0.3) is 0 Å². The molecule has 0 aliphatic heterocycles. The summed E-state index contributed by atoms with van der Waals surface area (Å²) in [5.74, 6) is 0.201. The minimum atomic E-state index is -0.795. The number of nitrogens with one attached hydrogen (secondary N) is 1. The van der Waals surface area contributed by atoms with Gasteiger partial charge in [0.2, 0.25) is 5.91 Å². The lowest BCUT2D eigenvalue weighted by Gasteiger charge is -2.34. The second-order valence-electron chi connectivity index (χ2n) is 5.70. The van der Waals surface area contributed by atoms with Crippen LogP contribution < -0.4 is 5.32 Å². The molecular formula is C16H20N2O. The topological polar surface area (TPSA) is 52.9 Å². The van der Waals surface area contributed by atoms with E-state index in [1.807, 2.05) is 25.1 Å². The molecule has 0 saturated heterocycles. The van der Waals surface area contributed by atoms with E-state index in [-0.39, 0.29) is 5.91 Å². The third kappa shape index (κ3) is 2.35. The van der Waals surface area contributed by atoms with Crippen LogP contribution in [0.4, 0.5) is 5.69 Å². The maximum atomic E-state index is 12.3. The SMILES string of the molecule is Cc1cccc(C(C)C)c1NC(=O)C1(C#N)CCC1. The molecule has 19 heavy (non-hydrogen) atoms. The van der Waals surface area contributed by atoms with Crippen molar-refractivity contribution in [2.75, 3.05) is 5.32 Å². The molecule has 1 fully saturated rings. The number of nitrogens with zero attached hydrogens (tertiary/aromatic N) is 1. The van der Waals surface area contributed by atoms with E-state index in [4.69, 9.17) is 0 Å². The number of rotatable bonds is 3. The molecular weight excluding hydrogens is 236 g/mol. The highest BCUT2D eigenvalue weighted by Gasteiger charge is 2.44. The Morgan fingerprint density at radius 1 is 1.42 bits per heavy atom. The lowest BCUT2D eigenvalue weighted by molar-refractivity contribution is -0.126. The van der Waals surface area contributed by atoms with Gasteiger partial charge in [0, 0.05) is 5.69 Å². The van der Waals surface area contributed by atoms with Crippen molar-refractivity contribution < 1.29 is 4.79 Å². The molecule has 0 heterocycles. The molecule has 0 bridgehead atoms. The second-order valence-corrected chi connectivity index (χ2v) is 5.70. The second kappa shape index (κ2) is 5.05. The molecule has 0 aromatic heterocycles. The van der Waals surface area contributed by atoms with Gasteiger partial charge >= 0.3 is 0 Å². The Morgan fingerprint density at radius 2 is 2.11 bits per heavy atom. The molecule has 1 aromatic carbocycles. The van der Waals surface area contributed by atoms with E-state index in [9.17, 15) is 10.1 Å². The molecule has 0 unspecified atom stereocenters. The maximum Gasteiger partial charge on any atom is 0.244 e. The van der Waals surface area contributed by atoms with Gasteiger partial charge in [-0.1, -0.05) is 32.0 Å². The quantitative estimate of drug-likeness (QED) is 0.895. The zero-order chi connectivity index (χ0) is 14.0.